The molecule has 2 heterocycles. The van der Waals surface area contributed by atoms with Crippen molar-refractivity contribution in [2.75, 3.05) is 41.7 Å². The number of nitrogens with one attached hydrogen (secondary N) is 1. The van der Waals surface area contributed by atoms with Gasteiger partial charge >= 0.3 is 0 Å². The van der Waals surface area contributed by atoms with E-state index in [1.807, 2.05) is 24.4 Å². The Kier molecular flexibility index (Phi) is 3.88. The maximum Gasteiger partial charge on any atom is 0.274 e. The normalized spacial score (nSPS) is 15.3. The lowest BCUT2D eigenvalue weighted by Gasteiger charge is -2.33. The van der Waals surface area contributed by atoms with E-state index in [1.165, 1.54) is 11.3 Å². The van der Waals surface area contributed by atoms with Crippen LogP contribution in [0.15, 0.2) is 36.5 Å². The van der Waals surface area contributed by atoms with Crippen molar-refractivity contribution < 1.29 is 4.98 Å². The maximum atomic E-state index is 6.12. The van der Waals surface area contributed by atoms with Crippen LogP contribution in [0.5, 0.6) is 0 Å². The van der Waals surface area contributed by atoms with Crippen LogP contribution in [-0.2, 0) is 0 Å². The number of nitrogens with zero attached hydrogens (tertiary/aromatic N) is 2. The highest BCUT2D eigenvalue weighted by molar-refractivity contribution is 6.30. The van der Waals surface area contributed by atoms with Crippen molar-refractivity contribution in [3.05, 3.63) is 47.1 Å². The first kappa shape index (κ1) is 14.0. The fourth-order valence-corrected chi connectivity index (χ4v) is 2.90. The first-order valence-electron chi connectivity index (χ1n) is 7.17. The first-order chi connectivity index (χ1) is 10.1. The van der Waals surface area contributed by atoms with Crippen LogP contribution < -0.4 is 20.5 Å². The van der Waals surface area contributed by atoms with E-state index in [9.17, 15) is 0 Å². The largest absolute Gasteiger partial charge is 0.396 e. The molecule has 0 radical (unpaired) electrons. The summed E-state index contributed by atoms with van der Waals surface area (Å²) in [6.07, 6.45) is 1.84. The predicted octanol–water partition coefficient (Wildman–Crippen LogP) is 2.37. The number of aromatic amines is 1. The second-order valence-electron chi connectivity index (χ2n) is 5.41. The van der Waals surface area contributed by atoms with Gasteiger partial charge < -0.3 is 10.6 Å². The molecule has 1 saturated heterocycles. The van der Waals surface area contributed by atoms with Crippen molar-refractivity contribution in [3.63, 3.8) is 0 Å². The average molecular weight is 304 g/mol. The number of rotatable bonds is 2. The summed E-state index contributed by atoms with van der Waals surface area (Å²) < 4.78 is 0. The number of aryl methyl sites for hydroxylation is 1. The van der Waals surface area contributed by atoms with Gasteiger partial charge in [0.25, 0.3) is 5.82 Å². The number of anilines is 3. The molecule has 2 aromatic rings. The number of nitrogen functional groups attached to an aromatic ring is 1. The summed E-state index contributed by atoms with van der Waals surface area (Å²) in [5.41, 5.74) is 8.98. The molecule has 0 atom stereocenters. The van der Waals surface area contributed by atoms with Crippen LogP contribution in [0.2, 0.25) is 5.02 Å². The highest BCUT2D eigenvalue weighted by atomic mass is 35.5. The molecule has 1 aromatic heterocycles. The van der Waals surface area contributed by atoms with Crippen LogP contribution in [0.3, 0.4) is 0 Å². The number of H-pyrrole nitrogens is 1. The Hall–Kier alpha value is -1.94. The molecule has 5 heteroatoms. The number of hydrogen-bond donors (Lipinski definition) is 1. The molecule has 0 spiro atoms. The Bertz CT molecular complexity index is 619. The van der Waals surface area contributed by atoms with E-state index in [4.69, 9.17) is 17.3 Å². The highest BCUT2D eigenvalue weighted by Gasteiger charge is 2.24. The third kappa shape index (κ3) is 3.05. The van der Waals surface area contributed by atoms with Gasteiger partial charge in [-0.15, -0.1) is 0 Å². The molecule has 1 aliphatic heterocycles. The molecular formula is C16H20ClN4+. The molecule has 1 aliphatic rings. The summed E-state index contributed by atoms with van der Waals surface area (Å²) in [4.78, 5) is 7.98. The lowest BCUT2D eigenvalue weighted by molar-refractivity contribution is -0.363. The molecule has 3 rings (SSSR count). The molecule has 3 N–H and O–H groups in total. The molecular weight excluding hydrogens is 284 g/mol. The lowest BCUT2D eigenvalue weighted by Crippen LogP contribution is -2.48. The van der Waals surface area contributed by atoms with Gasteiger partial charge in [0, 0.05) is 16.8 Å². The Labute approximate surface area is 130 Å². The molecule has 1 fully saturated rings. The molecule has 21 heavy (non-hydrogen) atoms. The van der Waals surface area contributed by atoms with Gasteiger partial charge in [-0.1, -0.05) is 17.7 Å². The van der Waals surface area contributed by atoms with E-state index in [-0.39, 0.29) is 0 Å². The van der Waals surface area contributed by atoms with Gasteiger partial charge in [-0.05, 0) is 30.7 Å². The van der Waals surface area contributed by atoms with E-state index in [2.05, 4.69) is 33.8 Å². The van der Waals surface area contributed by atoms with Crippen molar-refractivity contribution >= 4 is 28.8 Å². The zero-order chi connectivity index (χ0) is 14.8. The van der Waals surface area contributed by atoms with Gasteiger partial charge in [0.05, 0.1) is 18.8 Å². The van der Waals surface area contributed by atoms with Crippen molar-refractivity contribution in [1.29, 1.82) is 0 Å². The number of pyridine rings is 1. The summed E-state index contributed by atoms with van der Waals surface area (Å²) in [6, 6.07) is 10.1. The summed E-state index contributed by atoms with van der Waals surface area (Å²) in [5.74, 6) is 1.12. The fourth-order valence-electron chi connectivity index (χ4n) is 2.74. The van der Waals surface area contributed by atoms with Crippen LogP contribution in [0.25, 0.3) is 0 Å². The van der Waals surface area contributed by atoms with Crippen LogP contribution >= 0.6 is 11.6 Å². The molecule has 0 bridgehead atoms. The fraction of sp³-hybridized carbons (Fsp3) is 0.312. The number of benzene rings is 1. The topological polar surface area (TPSA) is 46.6 Å². The number of halogens is 1. The van der Waals surface area contributed by atoms with Gasteiger partial charge in [-0.25, -0.2) is 4.98 Å². The summed E-state index contributed by atoms with van der Waals surface area (Å²) in [5, 5.41) is 0.796. The van der Waals surface area contributed by atoms with E-state index < -0.39 is 0 Å². The van der Waals surface area contributed by atoms with Crippen LogP contribution in [-0.4, -0.2) is 26.2 Å². The second kappa shape index (κ2) is 5.82. The number of nitrogens with two attached hydrogens (primary N) is 1. The average Bonchev–Trinajstić information content (AvgIpc) is 2.51. The Morgan fingerprint density at radius 2 is 1.76 bits per heavy atom. The van der Waals surface area contributed by atoms with Crippen molar-refractivity contribution in [2.24, 2.45) is 0 Å². The zero-order valence-corrected chi connectivity index (χ0v) is 12.9. The quantitative estimate of drug-likeness (QED) is 0.926. The second-order valence-corrected chi connectivity index (χ2v) is 5.85. The molecule has 110 valence electrons. The minimum absolute atomic E-state index is 0.756. The third-order valence-electron chi connectivity index (χ3n) is 3.95. The Balaban J connectivity index is 1.70. The van der Waals surface area contributed by atoms with E-state index in [0.717, 1.165) is 42.7 Å². The summed E-state index contributed by atoms with van der Waals surface area (Å²) in [6.45, 7) is 6.06. The molecule has 0 unspecified atom stereocenters. The van der Waals surface area contributed by atoms with Crippen molar-refractivity contribution in [3.8, 4) is 0 Å². The van der Waals surface area contributed by atoms with Crippen molar-refractivity contribution in [1.82, 2.24) is 0 Å². The maximum absolute atomic E-state index is 6.12. The summed E-state index contributed by atoms with van der Waals surface area (Å²) >= 11 is 6.12. The molecule has 0 aliphatic carbocycles. The Morgan fingerprint density at radius 3 is 2.43 bits per heavy atom. The zero-order valence-electron chi connectivity index (χ0n) is 12.1. The SMILES string of the molecule is Cc1ccc(Cl)cc1N1CCN(c2ccc(N)c[nH+]2)CC1. The van der Waals surface area contributed by atoms with Crippen molar-refractivity contribution in [2.45, 2.75) is 6.92 Å². The van der Waals surface area contributed by atoms with Crippen LogP contribution in [0.1, 0.15) is 5.56 Å². The number of piperazine rings is 1. The third-order valence-corrected chi connectivity index (χ3v) is 4.19. The lowest BCUT2D eigenvalue weighted by atomic mass is 10.1. The summed E-state index contributed by atoms with van der Waals surface area (Å²) in [7, 11) is 0. The van der Waals surface area contributed by atoms with Gasteiger partial charge in [0.2, 0.25) is 0 Å². The minimum atomic E-state index is 0.756. The standard InChI is InChI=1S/C16H19ClN4/c1-12-2-3-13(17)10-15(12)20-6-8-21(9-7-20)16-5-4-14(18)11-19-16/h2-5,10-11H,6-9,18H2,1H3/p+1. The monoisotopic (exact) mass is 303 g/mol. The highest BCUT2D eigenvalue weighted by Crippen LogP contribution is 2.25. The van der Waals surface area contributed by atoms with E-state index in [0.29, 0.717) is 0 Å². The van der Waals surface area contributed by atoms with Crippen LogP contribution in [0, 0.1) is 6.92 Å². The predicted molar refractivity (Wildman–Crippen MR) is 88.0 cm³/mol. The van der Waals surface area contributed by atoms with Gasteiger partial charge in [-0.2, -0.15) is 0 Å². The minimum Gasteiger partial charge on any atom is -0.396 e. The van der Waals surface area contributed by atoms with Gasteiger partial charge in [0.1, 0.15) is 19.3 Å². The van der Waals surface area contributed by atoms with E-state index >= 15 is 0 Å². The van der Waals surface area contributed by atoms with Gasteiger partial charge in [-0.3, -0.25) is 4.90 Å². The van der Waals surface area contributed by atoms with E-state index in [1.54, 1.807) is 0 Å². The molecule has 4 nitrogen and oxygen atoms in total. The molecule has 0 amide bonds. The smallest absolute Gasteiger partial charge is 0.274 e. The Morgan fingerprint density at radius 1 is 1.05 bits per heavy atom. The van der Waals surface area contributed by atoms with Gasteiger partial charge in [0.15, 0.2) is 0 Å². The van der Waals surface area contributed by atoms with Crippen LogP contribution in [0.4, 0.5) is 17.2 Å². The number of hydrogen-bond acceptors (Lipinski definition) is 3. The number of aromatic nitrogens is 1. The molecule has 0 saturated carbocycles. The first-order valence-corrected chi connectivity index (χ1v) is 7.54. The molecule has 1 aromatic carbocycles.